The predicted octanol–water partition coefficient (Wildman–Crippen LogP) is 11.9. The molecule has 1 aliphatic heterocycles. The Labute approximate surface area is 314 Å². The van der Waals surface area contributed by atoms with E-state index in [0.29, 0.717) is 0 Å². The van der Waals surface area contributed by atoms with E-state index >= 15 is 0 Å². The lowest BCUT2D eigenvalue weighted by Gasteiger charge is -2.25. The number of hydrogen-bond donors (Lipinski definition) is 1. The molecule has 11 aromatic rings. The summed E-state index contributed by atoms with van der Waals surface area (Å²) in [5.74, 6) is 1.51. The summed E-state index contributed by atoms with van der Waals surface area (Å²) in [5, 5.41) is 12.7. The molecular formula is C49H31N5O. The van der Waals surface area contributed by atoms with Crippen molar-refractivity contribution in [3.8, 4) is 5.69 Å². The lowest BCUT2D eigenvalue weighted by atomic mass is 10.0. The van der Waals surface area contributed by atoms with Gasteiger partial charge < -0.3 is 14.3 Å². The van der Waals surface area contributed by atoms with Crippen molar-refractivity contribution in [1.82, 2.24) is 14.5 Å². The molecule has 4 heterocycles. The van der Waals surface area contributed by atoms with Crippen molar-refractivity contribution in [2.24, 2.45) is 9.98 Å². The van der Waals surface area contributed by atoms with E-state index in [9.17, 15) is 0 Å². The third-order valence-electron chi connectivity index (χ3n) is 11.2. The van der Waals surface area contributed by atoms with Crippen molar-refractivity contribution < 1.29 is 4.42 Å². The van der Waals surface area contributed by atoms with Crippen LogP contribution in [0.2, 0.25) is 0 Å². The van der Waals surface area contributed by atoms with Crippen molar-refractivity contribution in [3.63, 3.8) is 0 Å². The van der Waals surface area contributed by atoms with E-state index in [2.05, 4.69) is 172 Å². The molecule has 1 atom stereocenters. The fraction of sp³-hybridized carbons (Fsp3) is 0.0204. The minimum absolute atomic E-state index is 0.619. The molecule has 6 heteroatoms. The molecular weight excluding hydrogens is 675 g/mol. The van der Waals surface area contributed by atoms with Gasteiger partial charge in [-0.25, -0.2) is 9.98 Å². The fourth-order valence-corrected chi connectivity index (χ4v) is 8.80. The van der Waals surface area contributed by atoms with Crippen LogP contribution in [0.1, 0.15) is 17.4 Å². The van der Waals surface area contributed by atoms with Crippen LogP contribution in [0.3, 0.4) is 0 Å². The van der Waals surface area contributed by atoms with Crippen LogP contribution in [0.4, 0.5) is 0 Å². The van der Waals surface area contributed by atoms with Crippen molar-refractivity contribution in [2.45, 2.75) is 6.29 Å². The Morgan fingerprint density at radius 3 is 1.84 bits per heavy atom. The third kappa shape index (κ3) is 4.36. The maximum atomic E-state index is 6.50. The van der Waals surface area contributed by atoms with Crippen LogP contribution < -0.4 is 5.32 Å². The van der Waals surface area contributed by atoms with Crippen LogP contribution >= 0.6 is 0 Å². The number of hydrogen-bond acceptors (Lipinski definition) is 4. The molecule has 1 N–H and O–H groups in total. The van der Waals surface area contributed by atoms with E-state index in [4.69, 9.17) is 14.4 Å². The Hall–Kier alpha value is -7.44. The van der Waals surface area contributed by atoms with Gasteiger partial charge in [0.05, 0.1) is 22.1 Å². The van der Waals surface area contributed by atoms with E-state index in [1.54, 1.807) is 0 Å². The molecule has 0 spiro atoms. The van der Waals surface area contributed by atoms with Crippen LogP contribution in [0.15, 0.2) is 190 Å². The molecule has 55 heavy (non-hydrogen) atoms. The molecule has 0 amide bonds. The highest BCUT2D eigenvalue weighted by Crippen LogP contribution is 2.43. The number of furan rings is 1. The summed E-state index contributed by atoms with van der Waals surface area (Å²) >= 11 is 0. The van der Waals surface area contributed by atoms with E-state index in [-0.39, 0.29) is 0 Å². The highest BCUT2D eigenvalue weighted by atomic mass is 16.3. The summed E-state index contributed by atoms with van der Waals surface area (Å²) in [6.45, 7) is 0. The van der Waals surface area contributed by atoms with Gasteiger partial charge in [-0.15, -0.1) is 0 Å². The summed E-state index contributed by atoms with van der Waals surface area (Å²) in [7, 11) is 0. The highest BCUT2D eigenvalue weighted by molar-refractivity contribution is 6.25. The minimum atomic E-state index is -0.619. The van der Waals surface area contributed by atoms with Crippen LogP contribution in [0, 0.1) is 0 Å². The first-order valence-corrected chi connectivity index (χ1v) is 18.6. The van der Waals surface area contributed by atoms with Crippen LogP contribution in [-0.4, -0.2) is 20.8 Å². The summed E-state index contributed by atoms with van der Waals surface area (Å²) in [4.78, 5) is 11.0. The number of para-hydroxylation sites is 4. The Morgan fingerprint density at radius 1 is 0.436 bits per heavy atom. The Morgan fingerprint density at radius 2 is 1.02 bits per heavy atom. The molecule has 0 aliphatic carbocycles. The topological polar surface area (TPSA) is 59.8 Å². The largest absolute Gasteiger partial charge is 0.455 e. The van der Waals surface area contributed by atoms with E-state index < -0.39 is 6.29 Å². The number of nitrogens with zero attached hydrogens (tertiary/aromatic N) is 4. The molecule has 0 radical (unpaired) electrons. The second-order valence-electron chi connectivity index (χ2n) is 14.2. The van der Waals surface area contributed by atoms with Gasteiger partial charge in [0.1, 0.15) is 22.8 Å². The number of aliphatic imine (C=N–C) groups is 2. The van der Waals surface area contributed by atoms with E-state index in [0.717, 1.165) is 94.0 Å². The summed E-state index contributed by atoms with van der Waals surface area (Å²) < 4.78 is 11.2. The van der Waals surface area contributed by atoms with Crippen molar-refractivity contribution in [3.05, 3.63) is 187 Å². The number of amidine groups is 2. The molecule has 3 aromatic heterocycles. The van der Waals surface area contributed by atoms with Gasteiger partial charge in [-0.1, -0.05) is 140 Å². The Bertz CT molecular complexity index is 3400. The van der Waals surface area contributed by atoms with Crippen LogP contribution in [0.5, 0.6) is 0 Å². The van der Waals surface area contributed by atoms with Gasteiger partial charge in [-0.3, -0.25) is 4.57 Å². The molecule has 12 rings (SSSR count). The zero-order chi connectivity index (χ0) is 36.0. The van der Waals surface area contributed by atoms with Gasteiger partial charge in [-0.05, 0) is 41.8 Å². The van der Waals surface area contributed by atoms with Crippen LogP contribution in [-0.2, 0) is 0 Å². The second-order valence-corrected chi connectivity index (χ2v) is 14.2. The first-order valence-electron chi connectivity index (χ1n) is 18.6. The molecule has 258 valence electrons. The maximum absolute atomic E-state index is 6.50. The summed E-state index contributed by atoms with van der Waals surface area (Å²) in [6.07, 6.45) is -0.619. The van der Waals surface area contributed by atoms with Gasteiger partial charge in [0.25, 0.3) is 0 Å². The fourth-order valence-electron chi connectivity index (χ4n) is 8.80. The quantitative estimate of drug-likeness (QED) is 0.198. The zero-order valence-electron chi connectivity index (χ0n) is 29.5. The van der Waals surface area contributed by atoms with E-state index in [1.807, 2.05) is 18.2 Å². The summed E-state index contributed by atoms with van der Waals surface area (Å²) in [6, 6.07) is 61.9. The van der Waals surface area contributed by atoms with Gasteiger partial charge in [0.2, 0.25) is 6.29 Å². The summed E-state index contributed by atoms with van der Waals surface area (Å²) in [5.41, 5.74) is 9.29. The van der Waals surface area contributed by atoms with E-state index in [1.165, 1.54) is 10.8 Å². The van der Waals surface area contributed by atoms with Gasteiger partial charge in [0.15, 0.2) is 0 Å². The SMILES string of the molecule is c1ccc(C2=NC(n3c4ccccc4c4ccc5c6ccccc6n(-c6ccccc6)c5c43)N=C(c3cccc4c3ccc3c5ccccc5oc43)N2)cc1. The zero-order valence-corrected chi connectivity index (χ0v) is 29.5. The number of rotatable bonds is 4. The molecule has 0 saturated heterocycles. The lowest BCUT2D eigenvalue weighted by molar-refractivity contribution is 0.576. The number of aromatic nitrogens is 2. The molecule has 1 aliphatic rings. The second kappa shape index (κ2) is 11.5. The Balaban J connectivity index is 1.18. The average Bonchev–Trinajstić information content (AvgIpc) is 3.92. The normalized spacial score (nSPS) is 14.7. The first-order chi connectivity index (χ1) is 27.3. The van der Waals surface area contributed by atoms with Gasteiger partial charge in [0, 0.05) is 54.5 Å². The van der Waals surface area contributed by atoms with Crippen molar-refractivity contribution in [2.75, 3.05) is 0 Å². The standard InChI is InChI=1S/C49H31N5O/c1-3-14-30(15-4-1)47-50-48(40-22-13-21-38-32(40)26-29-39-35-20-9-12-25-43(35)55-46(38)39)52-49(51-47)54-42-24-11-8-19-34(42)37-28-27-36-33-18-7-10-23-41(33)53(44(36)45(37)54)31-16-5-2-6-17-31/h1-29,49H,(H,50,51,52). The number of benzene rings is 8. The molecule has 1 unspecified atom stereocenters. The molecule has 8 aromatic carbocycles. The van der Waals surface area contributed by atoms with Gasteiger partial charge >= 0.3 is 0 Å². The van der Waals surface area contributed by atoms with Gasteiger partial charge in [-0.2, -0.15) is 0 Å². The molecule has 0 fully saturated rings. The maximum Gasteiger partial charge on any atom is 0.225 e. The predicted molar refractivity (Wildman–Crippen MR) is 227 cm³/mol. The van der Waals surface area contributed by atoms with Crippen molar-refractivity contribution >= 4 is 88.0 Å². The Kier molecular flexibility index (Phi) is 6.30. The molecule has 0 saturated carbocycles. The minimum Gasteiger partial charge on any atom is -0.455 e. The third-order valence-corrected chi connectivity index (χ3v) is 11.2. The highest BCUT2D eigenvalue weighted by Gasteiger charge is 2.28. The lowest BCUT2D eigenvalue weighted by Crippen LogP contribution is -2.37. The first kappa shape index (κ1) is 30.1. The molecule has 6 nitrogen and oxygen atoms in total. The number of fused-ring (bicyclic) bond motifs is 12. The van der Waals surface area contributed by atoms with Crippen molar-refractivity contribution in [1.29, 1.82) is 0 Å². The average molecular weight is 706 g/mol. The number of nitrogens with one attached hydrogen (secondary N) is 1. The monoisotopic (exact) mass is 705 g/mol. The molecule has 0 bridgehead atoms. The van der Waals surface area contributed by atoms with Crippen LogP contribution in [0.25, 0.3) is 82.0 Å². The smallest absolute Gasteiger partial charge is 0.225 e.